The molecule has 0 unspecified atom stereocenters. The molecule has 0 atom stereocenters. The number of carboxylic acids is 1. The molecule has 0 aliphatic carbocycles. The zero-order chi connectivity index (χ0) is 26.9. The van der Waals surface area contributed by atoms with Crippen molar-refractivity contribution in [2.24, 2.45) is 10.6 Å². The maximum absolute atomic E-state index is 14.7. The van der Waals surface area contributed by atoms with E-state index < -0.39 is 11.4 Å². The van der Waals surface area contributed by atoms with Gasteiger partial charge in [0, 0.05) is 38.3 Å². The SMILES string of the molecule is CCOc1cc(CN2CC3(CC(N4CCC(C)(C(=O)O)CC4)=NO3)C2)cc(OCC)c1-c1ccccc1F. The average Bonchev–Trinajstić information content (AvgIpc) is 3.31. The third-order valence-electron chi connectivity index (χ3n) is 7.87. The summed E-state index contributed by atoms with van der Waals surface area (Å²) in [7, 11) is 0. The van der Waals surface area contributed by atoms with E-state index in [0.717, 1.165) is 30.9 Å². The van der Waals surface area contributed by atoms with Gasteiger partial charge in [-0.2, -0.15) is 0 Å². The molecule has 3 heterocycles. The Morgan fingerprint density at radius 3 is 2.32 bits per heavy atom. The number of aliphatic carboxylic acids is 1. The molecule has 0 amide bonds. The predicted octanol–water partition coefficient (Wildman–Crippen LogP) is 4.77. The lowest BCUT2D eigenvalue weighted by Gasteiger charge is -2.45. The van der Waals surface area contributed by atoms with Gasteiger partial charge in [0.1, 0.15) is 23.2 Å². The number of carbonyl (C=O) groups is 1. The molecule has 5 rings (SSSR count). The van der Waals surface area contributed by atoms with Crippen LogP contribution in [0.2, 0.25) is 0 Å². The van der Waals surface area contributed by atoms with E-state index in [1.54, 1.807) is 12.1 Å². The van der Waals surface area contributed by atoms with E-state index in [1.165, 1.54) is 6.07 Å². The Bertz CT molecular complexity index is 1190. The van der Waals surface area contributed by atoms with Gasteiger partial charge in [-0.25, -0.2) is 4.39 Å². The van der Waals surface area contributed by atoms with Crippen LogP contribution in [0.25, 0.3) is 11.1 Å². The van der Waals surface area contributed by atoms with Gasteiger partial charge in [-0.1, -0.05) is 23.4 Å². The van der Waals surface area contributed by atoms with Crippen LogP contribution in [0, 0.1) is 11.2 Å². The summed E-state index contributed by atoms with van der Waals surface area (Å²) in [5.41, 5.74) is 1.12. The van der Waals surface area contributed by atoms with Crippen molar-refractivity contribution in [3.05, 3.63) is 47.8 Å². The Kier molecular flexibility index (Phi) is 7.22. The van der Waals surface area contributed by atoms with E-state index in [4.69, 9.17) is 14.3 Å². The van der Waals surface area contributed by atoms with Crippen LogP contribution in [-0.4, -0.2) is 71.7 Å². The number of hydrogen-bond donors (Lipinski definition) is 1. The quantitative estimate of drug-likeness (QED) is 0.532. The van der Waals surface area contributed by atoms with Crippen molar-refractivity contribution in [3.63, 3.8) is 0 Å². The fourth-order valence-electron chi connectivity index (χ4n) is 5.66. The number of ether oxygens (including phenoxy) is 2. The first-order chi connectivity index (χ1) is 18.3. The Morgan fingerprint density at radius 2 is 1.74 bits per heavy atom. The molecule has 0 saturated carbocycles. The highest BCUT2D eigenvalue weighted by atomic mass is 19.1. The third kappa shape index (κ3) is 5.04. The van der Waals surface area contributed by atoms with Crippen molar-refractivity contribution in [2.45, 2.75) is 52.2 Å². The minimum atomic E-state index is -0.727. The summed E-state index contributed by atoms with van der Waals surface area (Å²) in [5, 5.41) is 13.9. The Labute approximate surface area is 223 Å². The molecule has 1 N–H and O–H groups in total. The van der Waals surface area contributed by atoms with Crippen LogP contribution in [0.5, 0.6) is 11.5 Å². The summed E-state index contributed by atoms with van der Waals surface area (Å²) < 4.78 is 26.6. The van der Waals surface area contributed by atoms with Crippen LogP contribution in [-0.2, 0) is 16.2 Å². The molecule has 0 aromatic heterocycles. The van der Waals surface area contributed by atoms with Crippen LogP contribution in [0.3, 0.4) is 0 Å². The van der Waals surface area contributed by atoms with Crippen molar-refractivity contribution in [2.75, 3.05) is 39.4 Å². The number of halogens is 1. The smallest absolute Gasteiger partial charge is 0.309 e. The summed E-state index contributed by atoms with van der Waals surface area (Å²) >= 11 is 0. The Morgan fingerprint density at radius 1 is 1.11 bits per heavy atom. The van der Waals surface area contributed by atoms with E-state index >= 15 is 0 Å². The first-order valence-electron chi connectivity index (χ1n) is 13.4. The summed E-state index contributed by atoms with van der Waals surface area (Å²) in [6.45, 7) is 10.1. The van der Waals surface area contributed by atoms with Crippen molar-refractivity contribution >= 4 is 11.8 Å². The fourth-order valence-corrected chi connectivity index (χ4v) is 5.66. The van der Waals surface area contributed by atoms with Crippen LogP contribution >= 0.6 is 0 Å². The molecular formula is C29H36FN3O5. The first-order valence-corrected chi connectivity index (χ1v) is 13.4. The molecule has 3 aliphatic rings. The van der Waals surface area contributed by atoms with E-state index in [1.807, 2.05) is 39.0 Å². The van der Waals surface area contributed by atoms with Gasteiger partial charge in [-0.15, -0.1) is 0 Å². The number of benzene rings is 2. The molecule has 0 radical (unpaired) electrons. The van der Waals surface area contributed by atoms with Gasteiger partial charge in [-0.05, 0) is 57.4 Å². The molecular weight excluding hydrogens is 489 g/mol. The van der Waals surface area contributed by atoms with Gasteiger partial charge < -0.3 is 24.3 Å². The number of likely N-dealkylation sites (tertiary alicyclic amines) is 2. The molecule has 2 fully saturated rings. The van der Waals surface area contributed by atoms with Gasteiger partial charge >= 0.3 is 5.97 Å². The highest BCUT2D eigenvalue weighted by Gasteiger charge is 2.51. The second kappa shape index (κ2) is 10.4. The normalized spacial score (nSPS) is 20.0. The van der Waals surface area contributed by atoms with Crippen molar-refractivity contribution in [1.29, 1.82) is 0 Å². The molecule has 2 saturated heterocycles. The molecule has 2 aromatic carbocycles. The van der Waals surface area contributed by atoms with Gasteiger partial charge in [0.15, 0.2) is 5.60 Å². The topological polar surface area (TPSA) is 83.8 Å². The standard InChI is InChI=1S/C29H36FN3O5/c1-4-36-23-14-20(15-24(37-5-2)26(23)21-8-6-7-9-22(21)30)17-32-18-29(19-32)16-25(31-38-29)33-12-10-28(3,11-13-33)27(34)35/h6-9,14-15H,4-5,10-13,16-19H2,1-3H3,(H,34,35). The Balaban J connectivity index is 1.25. The maximum atomic E-state index is 14.7. The monoisotopic (exact) mass is 525 g/mol. The minimum Gasteiger partial charge on any atom is -0.493 e. The summed E-state index contributed by atoms with van der Waals surface area (Å²) in [4.78, 5) is 21.9. The number of piperidine rings is 1. The molecule has 1 spiro atoms. The lowest BCUT2D eigenvalue weighted by atomic mass is 9.80. The van der Waals surface area contributed by atoms with Crippen molar-refractivity contribution in [3.8, 4) is 22.6 Å². The minimum absolute atomic E-state index is 0.317. The van der Waals surface area contributed by atoms with Gasteiger partial charge in [-0.3, -0.25) is 9.69 Å². The molecule has 38 heavy (non-hydrogen) atoms. The molecule has 3 aliphatic heterocycles. The van der Waals surface area contributed by atoms with E-state index in [2.05, 4.69) is 15.0 Å². The Hall–Kier alpha value is -3.33. The summed E-state index contributed by atoms with van der Waals surface area (Å²) in [5.74, 6) is 1.09. The largest absolute Gasteiger partial charge is 0.493 e. The number of hydrogen-bond acceptors (Lipinski definition) is 7. The van der Waals surface area contributed by atoms with Gasteiger partial charge in [0.2, 0.25) is 0 Å². The second-order valence-corrected chi connectivity index (χ2v) is 10.8. The number of amidine groups is 1. The highest BCUT2D eigenvalue weighted by molar-refractivity contribution is 5.85. The average molecular weight is 526 g/mol. The van der Waals surface area contributed by atoms with E-state index in [9.17, 15) is 14.3 Å². The summed E-state index contributed by atoms with van der Waals surface area (Å²) in [6, 6.07) is 10.6. The number of oxime groups is 1. The summed E-state index contributed by atoms with van der Waals surface area (Å²) in [6.07, 6.45) is 1.94. The first kappa shape index (κ1) is 26.3. The number of nitrogens with zero attached hydrogens (tertiary/aromatic N) is 3. The molecule has 2 aromatic rings. The molecule has 204 valence electrons. The van der Waals surface area contributed by atoms with E-state index in [-0.39, 0.29) is 11.4 Å². The van der Waals surface area contributed by atoms with Crippen LogP contribution in [0.15, 0.2) is 41.6 Å². The lowest BCUT2D eigenvalue weighted by molar-refractivity contribution is -0.150. The third-order valence-corrected chi connectivity index (χ3v) is 7.87. The van der Waals surface area contributed by atoms with Crippen LogP contribution < -0.4 is 9.47 Å². The van der Waals surface area contributed by atoms with Crippen molar-refractivity contribution in [1.82, 2.24) is 9.80 Å². The maximum Gasteiger partial charge on any atom is 0.309 e. The van der Waals surface area contributed by atoms with Gasteiger partial charge in [0.05, 0.1) is 30.6 Å². The van der Waals surface area contributed by atoms with Crippen LogP contribution in [0.4, 0.5) is 4.39 Å². The van der Waals surface area contributed by atoms with Crippen LogP contribution in [0.1, 0.15) is 45.6 Å². The van der Waals surface area contributed by atoms with Crippen molar-refractivity contribution < 1.29 is 28.6 Å². The van der Waals surface area contributed by atoms with E-state index in [0.29, 0.717) is 68.3 Å². The molecule has 8 nitrogen and oxygen atoms in total. The number of rotatable bonds is 8. The highest BCUT2D eigenvalue weighted by Crippen LogP contribution is 2.43. The predicted molar refractivity (Wildman–Crippen MR) is 142 cm³/mol. The second-order valence-electron chi connectivity index (χ2n) is 10.8. The lowest BCUT2D eigenvalue weighted by Crippen LogP contribution is -2.61. The molecule has 0 bridgehead atoms. The fraction of sp³-hybridized carbons (Fsp3) is 0.517. The van der Waals surface area contributed by atoms with Gasteiger partial charge in [0.25, 0.3) is 0 Å². The zero-order valence-electron chi connectivity index (χ0n) is 22.3. The number of carboxylic acid groups (broad SMARTS) is 1. The zero-order valence-corrected chi connectivity index (χ0v) is 22.3. The molecule has 9 heteroatoms.